The van der Waals surface area contributed by atoms with Gasteiger partial charge in [0.1, 0.15) is 5.82 Å². The predicted octanol–water partition coefficient (Wildman–Crippen LogP) is 0.593. The molecular weight excluding hydrogens is 138 g/mol. The highest BCUT2D eigenvalue weighted by Gasteiger charge is 2.33. The average Bonchev–Trinajstić information content (AvgIpc) is 2.69. The Kier molecular flexibility index (Phi) is 1.51. The molecule has 1 aromatic rings. The second-order valence-corrected chi connectivity index (χ2v) is 2.87. The number of anilines is 1. The van der Waals surface area contributed by atoms with Crippen LogP contribution in [0.15, 0.2) is 24.4 Å². The number of aromatic nitrogens is 1. The lowest BCUT2D eigenvalue weighted by Gasteiger charge is -2.01. The fourth-order valence-corrected chi connectivity index (χ4v) is 1.02. The molecule has 2 atom stereocenters. The van der Waals surface area contributed by atoms with Crippen LogP contribution in [-0.4, -0.2) is 17.1 Å². The molecule has 1 heterocycles. The molecule has 0 saturated heterocycles. The number of hydrogen-bond donors (Lipinski definition) is 2. The molecule has 1 saturated carbocycles. The standard InChI is InChI=1S/C8H11N3/c9-6-5-7(6)11-8-3-1-2-4-10-8/h1-4,6-7H,5,9H2,(H,10,11). The van der Waals surface area contributed by atoms with Gasteiger partial charge >= 0.3 is 0 Å². The summed E-state index contributed by atoms with van der Waals surface area (Å²) in [4.78, 5) is 4.13. The van der Waals surface area contributed by atoms with Crippen molar-refractivity contribution in [2.45, 2.75) is 18.5 Å². The SMILES string of the molecule is NC1CC1Nc1ccccn1. The average molecular weight is 149 g/mol. The molecule has 0 aromatic carbocycles. The molecule has 3 N–H and O–H groups in total. The van der Waals surface area contributed by atoms with E-state index in [1.54, 1.807) is 6.20 Å². The van der Waals surface area contributed by atoms with E-state index in [0.717, 1.165) is 12.2 Å². The minimum atomic E-state index is 0.331. The molecule has 58 valence electrons. The van der Waals surface area contributed by atoms with Gasteiger partial charge in [-0.25, -0.2) is 4.98 Å². The summed E-state index contributed by atoms with van der Waals surface area (Å²) < 4.78 is 0. The number of rotatable bonds is 2. The zero-order valence-electron chi connectivity index (χ0n) is 6.20. The first kappa shape index (κ1) is 6.61. The minimum absolute atomic E-state index is 0.331. The predicted molar refractivity (Wildman–Crippen MR) is 44.2 cm³/mol. The minimum Gasteiger partial charge on any atom is -0.366 e. The number of hydrogen-bond acceptors (Lipinski definition) is 3. The number of nitrogens with one attached hydrogen (secondary N) is 1. The van der Waals surface area contributed by atoms with E-state index in [0.29, 0.717) is 12.1 Å². The Morgan fingerprint density at radius 2 is 2.36 bits per heavy atom. The van der Waals surface area contributed by atoms with Crippen LogP contribution in [0.2, 0.25) is 0 Å². The van der Waals surface area contributed by atoms with Crippen molar-refractivity contribution in [2.75, 3.05) is 5.32 Å². The molecule has 1 aliphatic rings. The van der Waals surface area contributed by atoms with E-state index in [1.165, 1.54) is 0 Å². The molecule has 1 aliphatic carbocycles. The van der Waals surface area contributed by atoms with Crippen molar-refractivity contribution in [1.82, 2.24) is 4.98 Å². The summed E-state index contributed by atoms with van der Waals surface area (Å²) in [7, 11) is 0. The van der Waals surface area contributed by atoms with Crippen molar-refractivity contribution >= 4 is 5.82 Å². The monoisotopic (exact) mass is 149 g/mol. The fourth-order valence-electron chi connectivity index (χ4n) is 1.02. The van der Waals surface area contributed by atoms with E-state index >= 15 is 0 Å². The van der Waals surface area contributed by atoms with Gasteiger partial charge in [-0.1, -0.05) is 6.07 Å². The van der Waals surface area contributed by atoms with Gasteiger partial charge in [0.05, 0.1) is 0 Å². The summed E-state index contributed by atoms with van der Waals surface area (Å²) in [6.45, 7) is 0. The highest BCUT2D eigenvalue weighted by atomic mass is 15.1. The Labute approximate surface area is 65.6 Å². The molecule has 3 heteroatoms. The van der Waals surface area contributed by atoms with Crippen LogP contribution in [0.5, 0.6) is 0 Å². The van der Waals surface area contributed by atoms with Crippen LogP contribution in [0.25, 0.3) is 0 Å². The van der Waals surface area contributed by atoms with Crippen LogP contribution in [0.4, 0.5) is 5.82 Å². The van der Waals surface area contributed by atoms with Crippen molar-refractivity contribution in [3.8, 4) is 0 Å². The third-order valence-corrected chi connectivity index (χ3v) is 1.84. The lowest BCUT2D eigenvalue weighted by Crippen LogP contribution is -2.13. The van der Waals surface area contributed by atoms with Gasteiger partial charge in [-0.3, -0.25) is 0 Å². The maximum atomic E-state index is 5.62. The van der Waals surface area contributed by atoms with E-state index in [9.17, 15) is 0 Å². The van der Waals surface area contributed by atoms with E-state index in [1.807, 2.05) is 18.2 Å². The number of nitrogens with zero attached hydrogens (tertiary/aromatic N) is 1. The van der Waals surface area contributed by atoms with E-state index < -0.39 is 0 Å². The first-order chi connectivity index (χ1) is 5.36. The Hall–Kier alpha value is -1.09. The van der Waals surface area contributed by atoms with Crippen LogP contribution >= 0.6 is 0 Å². The van der Waals surface area contributed by atoms with Gasteiger partial charge in [-0.15, -0.1) is 0 Å². The molecule has 0 amide bonds. The normalized spacial score (nSPS) is 28.1. The van der Waals surface area contributed by atoms with Crippen LogP contribution in [0.3, 0.4) is 0 Å². The van der Waals surface area contributed by atoms with Gasteiger partial charge in [0, 0.05) is 18.3 Å². The molecule has 2 unspecified atom stereocenters. The van der Waals surface area contributed by atoms with Gasteiger partial charge < -0.3 is 11.1 Å². The number of pyridine rings is 1. The number of nitrogens with two attached hydrogens (primary N) is 1. The zero-order valence-corrected chi connectivity index (χ0v) is 6.20. The molecule has 2 rings (SSSR count). The molecule has 0 radical (unpaired) electrons. The largest absolute Gasteiger partial charge is 0.366 e. The third-order valence-electron chi connectivity index (χ3n) is 1.84. The van der Waals surface area contributed by atoms with Crippen LogP contribution < -0.4 is 11.1 Å². The highest BCUT2D eigenvalue weighted by molar-refractivity contribution is 5.37. The Balaban J connectivity index is 1.97. The van der Waals surface area contributed by atoms with Crippen LogP contribution in [0, 0.1) is 0 Å². The first-order valence-electron chi connectivity index (χ1n) is 3.79. The summed E-state index contributed by atoms with van der Waals surface area (Å²) in [5.41, 5.74) is 5.62. The molecule has 3 nitrogen and oxygen atoms in total. The second kappa shape index (κ2) is 2.51. The molecule has 0 bridgehead atoms. The summed E-state index contributed by atoms with van der Waals surface area (Å²) in [6, 6.07) is 6.59. The van der Waals surface area contributed by atoms with Crippen molar-refractivity contribution in [2.24, 2.45) is 5.73 Å². The third kappa shape index (κ3) is 1.49. The van der Waals surface area contributed by atoms with Crippen molar-refractivity contribution in [3.63, 3.8) is 0 Å². The Bertz CT molecular complexity index is 234. The van der Waals surface area contributed by atoms with Crippen molar-refractivity contribution in [3.05, 3.63) is 24.4 Å². The fraction of sp³-hybridized carbons (Fsp3) is 0.375. The molecule has 11 heavy (non-hydrogen) atoms. The van der Waals surface area contributed by atoms with Gasteiger partial charge in [-0.2, -0.15) is 0 Å². The maximum absolute atomic E-state index is 5.62. The Morgan fingerprint density at radius 3 is 2.91 bits per heavy atom. The lowest BCUT2D eigenvalue weighted by molar-refractivity contribution is 0.996. The van der Waals surface area contributed by atoms with Gasteiger partial charge in [0.2, 0.25) is 0 Å². The summed E-state index contributed by atoms with van der Waals surface area (Å²) in [6.07, 6.45) is 2.84. The second-order valence-electron chi connectivity index (χ2n) is 2.87. The molecule has 1 fully saturated rings. The van der Waals surface area contributed by atoms with Gasteiger partial charge in [0.15, 0.2) is 0 Å². The van der Waals surface area contributed by atoms with Crippen molar-refractivity contribution in [1.29, 1.82) is 0 Å². The lowest BCUT2D eigenvalue weighted by atomic mass is 10.4. The molecule has 0 spiro atoms. The van der Waals surface area contributed by atoms with Gasteiger partial charge in [0.25, 0.3) is 0 Å². The molecular formula is C8H11N3. The Morgan fingerprint density at radius 1 is 1.55 bits per heavy atom. The quantitative estimate of drug-likeness (QED) is 0.647. The van der Waals surface area contributed by atoms with Crippen LogP contribution in [-0.2, 0) is 0 Å². The smallest absolute Gasteiger partial charge is 0.126 e. The van der Waals surface area contributed by atoms with Crippen LogP contribution in [0.1, 0.15) is 6.42 Å². The van der Waals surface area contributed by atoms with Gasteiger partial charge in [-0.05, 0) is 18.6 Å². The highest BCUT2D eigenvalue weighted by Crippen LogP contribution is 2.22. The topological polar surface area (TPSA) is 50.9 Å². The van der Waals surface area contributed by atoms with E-state index in [2.05, 4.69) is 10.3 Å². The maximum Gasteiger partial charge on any atom is 0.126 e. The summed E-state index contributed by atoms with van der Waals surface area (Å²) in [5.74, 6) is 0.922. The summed E-state index contributed by atoms with van der Waals surface area (Å²) in [5, 5.41) is 3.23. The van der Waals surface area contributed by atoms with E-state index in [-0.39, 0.29) is 0 Å². The molecule has 0 aliphatic heterocycles. The summed E-state index contributed by atoms with van der Waals surface area (Å²) >= 11 is 0. The first-order valence-corrected chi connectivity index (χ1v) is 3.79. The molecule has 1 aromatic heterocycles. The van der Waals surface area contributed by atoms with Crippen molar-refractivity contribution < 1.29 is 0 Å². The van der Waals surface area contributed by atoms with E-state index in [4.69, 9.17) is 5.73 Å². The zero-order chi connectivity index (χ0) is 7.68.